The highest BCUT2D eigenvalue weighted by molar-refractivity contribution is 5.79. The van der Waals surface area contributed by atoms with Gasteiger partial charge in [0, 0.05) is 32.7 Å². The molecule has 3 rings (SSSR count). The van der Waals surface area contributed by atoms with Crippen molar-refractivity contribution in [3.63, 3.8) is 0 Å². The molecule has 2 aromatic rings. The zero-order valence-electron chi connectivity index (χ0n) is 12.6. The van der Waals surface area contributed by atoms with E-state index in [-0.39, 0.29) is 5.75 Å². The highest BCUT2D eigenvalue weighted by atomic mass is 16.3. The van der Waals surface area contributed by atoms with Gasteiger partial charge < -0.3 is 5.11 Å². The normalized spacial score (nSPS) is 16.3. The lowest BCUT2D eigenvalue weighted by molar-refractivity contribution is 0.131. The SMILES string of the molecule is Oc1cccc(/C=N\N2CCN(Cc3ccccc3)CC2)c1. The van der Waals surface area contributed by atoms with Gasteiger partial charge in [0.05, 0.1) is 6.21 Å². The van der Waals surface area contributed by atoms with Crippen LogP contribution in [0.4, 0.5) is 0 Å². The van der Waals surface area contributed by atoms with Crippen LogP contribution in [0.15, 0.2) is 59.7 Å². The Bertz CT molecular complexity index is 619. The van der Waals surface area contributed by atoms with Crippen molar-refractivity contribution in [1.82, 2.24) is 9.91 Å². The van der Waals surface area contributed by atoms with Crippen LogP contribution in [0.3, 0.4) is 0 Å². The summed E-state index contributed by atoms with van der Waals surface area (Å²) in [6, 6.07) is 17.7. The van der Waals surface area contributed by atoms with Gasteiger partial charge in [0.15, 0.2) is 0 Å². The maximum Gasteiger partial charge on any atom is 0.116 e. The number of hydrazone groups is 1. The number of piperazine rings is 1. The second kappa shape index (κ2) is 7.09. The highest BCUT2D eigenvalue weighted by Gasteiger charge is 2.15. The molecule has 1 fully saturated rings. The Kier molecular flexibility index (Phi) is 4.71. The summed E-state index contributed by atoms with van der Waals surface area (Å²) in [7, 11) is 0. The number of hydrogen-bond donors (Lipinski definition) is 1. The molecule has 1 N–H and O–H groups in total. The molecule has 0 atom stereocenters. The van der Waals surface area contributed by atoms with Gasteiger partial charge in [-0.15, -0.1) is 0 Å². The fourth-order valence-corrected chi connectivity index (χ4v) is 2.61. The van der Waals surface area contributed by atoms with Crippen molar-refractivity contribution in [3.05, 3.63) is 65.7 Å². The van der Waals surface area contributed by atoms with E-state index < -0.39 is 0 Å². The lowest BCUT2D eigenvalue weighted by atomic mass is 10.2. The van der Waals surface area contributed by atoms with E-state index in [9.17, 15) is 5.11 Å². The number of hydrogen-bond acceptors (Lipinski definition) is 4. The minimum Gasteiger partial charge on any atom is -0.508 e. The zero-order chi connectivity index (χ0) is 15.2. The van der Waals surface area contributed by atoms with Crippen molar-refractivity contribution in [3.8, 4) is 5.75 Å². The molecule has 22 heavy (non-hydrogen) atoms. The predicted molar refractivity (Wildman–Crippen MR) is 89.0 cm³/mol. The zero-order valence-corrected chi connectivity index (χ0v) is 12.6. The molecule has 2 aromatic carbocycles. The van der Waals surface area contributed by atoms with Crippen LogP contribution < -0.4 is 0 Å². The van der Waals surface area contributed by atoms with Gasteiger partial charge in [0.2, 0.25) is 0 Å². The van der Waals surface area contributed by atoms with Gasteiger partial charge in [0.1, 0.15) is 5.75 Å². The summed E-state index contributed by atoms with van der Waals surface area (Å²) in [6.07, 6.45) is 1.81. The van der Waals surface area contributed by atoms with Crippen molar-refractivity contribution in [1.29, 1.82) is 0 Å². The predicted octanol–water partition coefficient (Wildman–Crippen LogP) is 2.54. The summed E-state index contributed by atoms with van der Waals surface area (Å²) in [5, 5.41) is 16.0. The number of aromatic hydroxyl groups is 1. The van der Waals surface area contributed by atoms with Gasteiger partial charge in [-0.2, -0.15) is 5.10 Å². The molecular weight excluding hydrogens is 274 g/mol. The molecule has 0 aromatic heterocycles. The molecule has 114 valence electrons. The summed E-state index contributed by atoms with van der Waals surface area (Å²) in [6.45, 7) is 4.91. The lowest BCUT2D eigenvalue weighted by Crippen LogP contribution is -2.43. The lowest BCUT2D eigenvalue weighted by Gasteiger charge is -2.33. The second-order valence-corrected chi connectivity index (χ2v) is 5.55. The monoisotopic (exact) mass is 295 g/mol. The smallest absolute Gasteiger partial charge is 0.116 e. The minimum absolute atomic E-state index is 0.275. The van der Waals surface area contributed by atoms with Crippen LogP contribution in [-0.4, -0.2) is 47.4 Å². The van der Waals surface area contributed by atoms with E-state index in [1.54, 1.807) is 12.1 Å². The van der Waals surface area contributed by atoms with Crippen LogP contribution in [0.25, 0.3) is 0 Å². The first-order valence-corrected chi connectivity index (χ1v) is 7.64. The first kappa shape index (κ1) is 14.6. The van der Waals surface area contributed by atoms with Crippen LogP contribution in [0.2, 0.25) is 0 Å². The molecule has 1 saturated heterocycles. The Labute approximate surface area is 131 Å². The van der Waals surface area contributed by atoms with Crippen molar-refractivity contribution in [2.45, 2.75) is 6.54 Å². The molecular formula is C18H21N3O. The average molecular weight is 295 g/mol. The van der Waals surface area contributed by atoms with E-state index in [1.807, 2.05) is 18.3 Å². The first-order valence-electron chi connectivity index (χ1n) is 7.64. The summed E-state index contributed by atoms with van der Waals surface area (Å²) in [5.74, 6) is 0.275. The Morgan fingerprint density at radius 3 is 2.45 bits per heavy atom. The molecule has 4 heteroatoms. The van der Waals surface area contributed by atoms with Crippen LogP contribution in [-0.2, 0) is 6.54 Å². The molecule has 0 unspecified atom stereocenters. The molecule has 0 saturated carbocycles. The summed E-state index contributed by atoms with van der Waals surface area (Å²) in [4.78, 5) is 2.45. The Balaban J connectivity index is 1.49. The Hall–Kier alpha value is -2.33. The van der Waals surface area contributed by atoms with Crippen LogP contribution in [0, 0.1) is 0 Å². The molecule has 1 aliphatic rings. The molecule has 0 bridgehead atoms. The molecule has 0 radical (unpaired) electrons. The van der Waals surface area contributed by atoms with E-state index in [0.717, 1.165) is 38.3 Å². The highest BCUT2D eigenvalue weighted by Crippen LogP contribution is 2.11. The summed E-state index contributed by atoms with van der Waals surface area (Å²) in [5.41, 5.74) is 2.28. The Morgan fingerprint density at radius 1 is 0.955 bits per heavy atom. The largest absolute Gasteiger partial charge is 0.508 e. The molecule has 1 aliphatic heterocycles. The number of phenolic OH excluding ortho intramolecular Hbond substituents is 1. The van der Waals surface area contributed by atoms with Crippen molar-refractivity contribution < 1.29 is 5.11 Å². The van der Waals surface area contributed by atoms with E-state index in [1.165, 1.54) is 5.56 Å². The van der Waals surface area contributed by atoms with Crippen LogP contribution in [0.5, 0.6) is 5.75 Å². The molecule has 0 aliphatic carbocycles. The van der Waals surface area contributed by atoms with Gasteiger partial charge in [-0.05, 0) is 23.3 Å². The molecule has 0 spiro atoms. The van der Waals surface area contributed by atoms with Gasteiger partial charge >= 0.3 is 0 Å². The number of nitrogens with zero attached hydrogens (tertiary/aromatic N) is 3. The summed E-state index contributed by atoms with van der Waals surface area (Å²) < 4.78 is 0. The standard InChI is InChI=1S/C18H21N3O/c22-18-8-4-7-17(13-18)14-19-21-11-9-20(10-12-21)15-16-5-2-1-3-6-16/h1-8,13-14,22H,9-12,15H2/b19-14-. The van der Waals surface area contributed by atoms with E-state index in [4.69, 9.17) is 0 Å². The van der Waals surface area contributed by atoms with Crippen molar-refractivity contribution >= 4 is 6.21 Å². The number of phenols is 1. The van der Waals surface area contributed by atoms with Gasteiger partial charge in [-0.3, -0.25) is 9.91 Å². The van der Waals surface area contributed by atoms with Gasteiger partial charge in [-0.25, -0.2) is 0 Å². The van der Waals surface area contributed by atoms with Crippen molar-refractivity contribution in [2.75, 3.05) is 26.2 Å². The third kappa shape index (κ3) is 4.09. The van der Waals surface area contributed by atoms with Gasteiger partial charge in [0.25, 0.3) is 0 Å². The van der Waals surface area contributed by atoms with Crippen LogP contribution in [0.1, 0.15) is 11.1 Å². The van der Waals surface area contributed by atoms with E-state index >= 15 is 0 Å². The molecule has 0 amide bonds. The number of rotatable bonds is 4. The van der Waals surface area contributed by atoms with Crippen molar-refractivity contribution in [2.24, 2.45) is 5.10 Å². The third-order valence-corrected chi connectivity index (χ3v) is 3.84. The third-order valence-electron chi connectivity index (χ3n) is 3.84. The van der Waals surface area contributed by atoms with Crippen LogP contribution >= 0.6 is 0 Å². The summed E-state index contributed by atoms with van der Waals surface area (Å²) >= 11 is 0. The second-order valence-electron chi connectivity index (χ2n) is 5.55. The molecule has 4 nitrogen and oxygen atoms in total. The maximum absolute atomic E-state index is 9.44. The minimum atomic E-state index is 0.275. The first-order chi connectivity index (χ1) is 10.8. The van der Waals surface area contributed by atoms with Gasteiger partial charge in [-0.1, -0.05) is 42.5 Å². The fourth-order valence-electron chi connectivity index (χ4n) is 2.61. The topological polar surface area (TPSA) is 39.1 Å². The average Bonchev–Trinajstić information content (AvgIpc) is 2.55. The number of benzene rings is 2. The quantitative estimate of drug-likeness (QED) is 0.881. The Morgan fingerprint density at radius 2 is 1.73 bits per heavy atom. The maximum atomic E-state index is 9.44. The fraction of sp³-hybridized carbons (Fsp3) is 0.278. The van der Waals surface area contributed by atoms with E-state index in [0.29, 0.717) is 0 Å². The molecule has 1 heterocycles. The van der Waals surface area contributed by atoms with E-state index in [2.05, 4.69) is 45.3 Å².